The zero-order chi connectivity index (χ0) is 27.9. The number of rotatable bonds is 12. The first kappa shape index (κ1) is 27.9. The van der Waals surface area contributed by atoms with E-state index in [1.165, 1.54) is 21.3 Å². The number of benzene rings is 2. The number of nitrogens with zero attached hydrogens (tertiary/aromatic N) is 2. The summed E-state index contributed by atoms with van der Waals surface area (Å²) in [6.45, 7) is 1.26. The molecule has 1 atom stereocenters. The minimum absolute atomic E-state index is 0.0718. The number of hydrogen-bond acceptors (Lipinski definition) is 10. The number of aromatic nitrogens is 1. The summed E-state index contributed by atoms with van der Waals surface area (Å²) in [6, 6.07) is 8.60. The van der Waals surface area contributed by atoms with E-state index >= 15 is 0 Å². The standard InChI is InChI=1S/C28H34N2O9/c1-32-22-10-17(11-23(33-2)26(22)36-5)21-14-19(29-39-21)15-30(16-20-8-7-9-38-20)28(31)18-12-24(34-3)27(37-6)25(13-18)35-4/h10-14,20H,7-9,15-16H2,1-6H3/t20-/m0/s1. The first-order chi connectivity index (χ1) is 19.0. The Bertz CT molecular complexity index is 1230. The molecule has 2 aromatic carbocycles. The number of carbonyl (C=O) groups excluding carboxylic acids is 1. The number of ether oxygens (including phenoxy) is 7. The highest BCUT2D eigenvalue weighted by molar-refractivity contribution is 5.95. The molecule has 0 bridgehead atoms. The molecule has 4 rings (SSSR count). The molecule has 1 fully saturated rings. The van der Waals surface area contributed by atoms with Gasteiger partial charge in [0.25, 0.3) is 5.91 Å². The van der Waals surface area contributed by atoms with Crippen molar-refractivity contribution in [2.24, 2.45) is 0 Å². The van der Waals surface area contributed by atoms with Gasteiger partial charge in [-0.05, 0) is 37.1 Å². The predicted molar refractivity (Wildman–Crippen MR) is 141 cm³/mol. The minimum atomic E-state index is -0.234. The molecule has 2 heterocycles. The van der Waals surface area contributed by atoms with Crippen LogP contribution in [0.2, 0.25) is 0 Å². The molecule has 1 aliphatic heterocycles. The molecule has 210 valence electrons. The Kier molecular flexibility index (Phi) is 9.03. The first-order valence-electron chi connectivity index (χ1n) is 12.4. The normalized spacial score (nSPS) is 14.6. The molecule has 1 amide bonds. The average molecular weight is 543 g/mol. The molecule has 0 aliphatic carbocycles. The molecule has 3 aromatic rings. The fourth-order valence-corrected chi connectivity index (χ4v) is 4.58. The van der Waals surface area contributed by atoms with Crippen LogP contribution in [0.3, 0.4) is 0 Å². The molecule has 11 heteroatoms. The van der Waals surface area contributed by atoms with Gasteiger partial charge < -0.3 is 42.6 Å². The van der Waals surface area contributed by atoms with Crippen LogP contribution in [-0.2, 0) is 11.3 Å². The topological polar surface area (TPSA) is 111 Å². The second-order valence-electron chi connectivity index (χ2n) is 8.83. The summed E-state index contributed by atoms with van der Waals surface area (Å²) in [4.78, 5) is 15.5. The smallest absolute Gasteiger partial charge is 0.254 e. The Labute approximate surface area is 227 Å². The average Bonchev–Trinajstić information content (AvgIpc) is 3.67. The van der Waals surface area contributed by atoms with Gasteiger partial charge in [-0.3, -0.25) is 4.79 Å². The number of carbonyl (C=O) groups is 1. The Morgan fingerprint density at radius 1 is 0.846 bits per heavy atom. The molecule has 11 nitrogen and oxygen atoms in total. The molecule has 0 spiro atoms. The Morgan fingerprint density at radius 3 is 1.90 bits per heavy atom. The van der Waals surface area contributed by atoms with E-state index in [9.17, 15) is 4.79 Å². The maximum Gasteiger partial charge on any atom is 0.254 e. The number of hydrogen-bond donors (Lipinski definition) is 0. The summed E-state index contributed by atoms with van der Waals surface area (Å²) in [5, 5.41) is 4.24. The summed E-state index contributed by atoms with van der Waals surface area (Å²) in [6.07, 6.45) is 1.75. The molecule has 1 aromatic heterocycles. The fraction of sp³-hybridized carbons (Fsp3) is 0.429. The van der Waals surface area contributed by atoms with Gasteiger partial charge in [-0.2, -0.15) is 0 Å². The van der Waals surface area contributed by atoms with E-state index in [1.807, 2.05) is 0 Å². The van der Waals surface area contributed by atoms with Crippen LogP contribution in [0.1, 0.15) is 28.9 Å². The van der Waals surface area contributed by atoms with Gasteiger partial charge in [-0.15, -0.1) is 0 Å². The van der Waals surface area contributed by atoms with Gasteiger partial charge in [0.1, 0.15) is 5.69 Å². The summed E-state index contributed by atoms with van der Waals surface area (Å²) in [7, 11) is 9.17. The van der Waals surface area contributed by atoms with E-state index in [0.29, 0.717) is 70.2 Å². The van der Waals surface area contributed by atoms with Crippen molar-refractivity contribution < 1.29 is 42.5 Å². The summed E-state index contributed by atoms with van der Waals surface area (Å²) in [5.41, 5.74) is 1.64. The van der Waals surface area contributed by atoms with Gasteiger partial charge >= 0.3 is 0 Å². The number of amides is 1. The molecule has 1 saturated heterocycles. The van der Waals surface area contributed by atoms with Gasteiger partial charge in [-0.1, -0.05) is 5.16 Å². The lowest BCUT2D eigenvalue weighted by molar-refractivity contribution is 0.0501. The zero-order valence-corrected chi connectivity index (χ0v) is 23.1. The van der Waals surface area contributed by atoms with Crippen molar-refractivity contribution in [2.75, 3.05) is 55.8 Å². The second kappa shape index (κ2) is 12.6. The molecular formula is C28H34N2O9. The summed E-state index contributed by atoms with van der Waals surface area (Å²) >= 11 is 0. The van der Waals surface area contributed by atoms with Crippen LogP contribution in [0.5, 0.6) is 34.5 Å². The molecular weight excluding hydrogens is 508 g/mol. The maximum atomic E-state index is 13.8. The zero-order valence-electron chi connectivity index (χ0n) is 23.1. The lowest BCUT2D eigenvalue weighted by Gasteiger charge is -2.25. The molecule has 0 N–H and O–H groups in total. The quantitative estimate of drug-likeness (QED) is 0.330. The van der Waals surface area contributed by atoms with Crippen molar-refractivity contribution in [1.29, 1.82) is 0 Å². The molecule has 0 radical (unpaired) electrons. The van der Waals surface area contributed by atoms with Gasteiger partial charge in [0.2, 0.25) is 11.5 Å². The van der Waals surface area contributed by atoms with Crippen LogP contribution < -0.4 is 28.4 Å². The van der Waals surface area contributed by atoms with Crippen molar-refractivity contribution in [3.05, 3.63) is 41.6 Å². The van der Waals surface area contributed by atoms with Crippen LogP contribution in [0, 0.1) is 0 Å². The third-order valence-corrected chi connectivity index (χ3v) is 6.51. The van der Waals surface area contributed by atoms with E-state index in [1.54, 1.807) is 56.6 Å². The largest absolute Gasteiger partial charge is 0.493 e. The second-order valence-corrected chi connectivity index (χ2v) is 8.83. The fourth-order valence-electron chi connectivity index (χ4n) is 4.58. The Hall–Kier alpha value is -4.12. The first-order valence-corrected chi connectivity index (χ1v) is 12.4. The summed E-state index contributed by atoms with van der Waals surface area (Å²) < 4.78 is 44.1. The molecule has 0 unspecified atom stereocenters. The maximum absolute atomic E-state index is 13.8. The van der Waals surface area contributed by atoms with Crippen LogP contribution in [0.25, 0.3) is 11.3 Å². The highest BCUT2D eigenvalue weighted by Gasteiger charge is 2.27. The highest BCUT2D eigenvalue weighted by Crippen LogP contribution is 2.41. The van der Waals surface area contributed by atoms with Gasteiger partial charge in [0, 0.05) is 30.3 Å². The van der Waals surface area contributed by atoms with Crippen LogP contribution in [-0.4, -0.2) is 77.9 Å². The van der Waals surface area contributed by atoms with E-state index in [4.69, 9.17) is 37.7 Å². The molecule has 0 saturated carbocycles. The predicted octanol–water partition coefficient (Wildman–Crippen LogP) is 4.21. The van der Waals surface area contributed by atoms with Crippen molar-refractivity contribution in [3.63, 3.8) is 0 Å². The Morgan fingerprint density at radius 2 is 1.41 bits per heavy atom. The van der Waals surface area contributed by atoms with E-state index in [0.717, 1.165) is 12.8 Å². The van der Waals surface area contributed by atoms with E-state index in [-0.39, 0.29) is 18.6 Å². The van der Waals surface area contributed by atoms with Crippen molar-refractivity contribution in [3.8, 4) is 45.8 Å². The van der Waals surface area contributed by atoms with Gasteiger partial charge in [0.05, 0.1) is 55.3 Å². The third-order valence-electron chi connectivity index (χ3n) is 6.51. The van der Waals surface area contributed by atoms with Crippen LogP contribution in [0.4, 0.5) is 0 Å². The lowest BCUT2D eigenvalue weighted by atomic mass is 10.1. The lowest BCUT2D eigenvalue weighted by Crippen LogP contribution is -2.37. The number of methoxy groups -OCH3 is 6. The summed E-state index contributed by atoms with van der Waals surface area (Å²) in [5.74, 6) is 2.90. The van der Waals surface area contributed by atoms with Crippen LogP contribution in [0.15, 0.2) is 34.9 Å². The molecule has 39 heavy (non-hydrogen) atoms. The minimum Gasteiger partial charge on any atom is -0.493 e. The van der Waals surface area contributed by atoms with Crippen molar-refractivity contribution in [1.82, 2.24) is 10.1 Å². The van der Waals surface area contributed by atoms with Crippen LogP contribution >= 0.6 is 0 Å². The highest BCUT2D eigenvalue weighted by atomic mass is 16.5. The third kappa shape index (κ3) is 5.98. The monoisotopic (exact) mass is 542 g/mol. The van der Waals surface area contributed by atoms with Gasteiger partial charge in [-0.25, -0.2) is 0 Å². The van der Waals surface area contributed by atoms with Gasteiger partial charge in [0.15, 0.2) is 28.8 Å². The SMILES string of the molecule is COc1cc(C(=O)N(Cc2cc(-c3cc(OC)c(OC)c(OC)c3)on2)C[C@@H]2CCCO2)cc(OC)c1OC. The molecule has 1 aliphatic rings. The van der Waals surface area contributed by atoms with Crippen molar-refractivity contribution >= 4 is 5.91 Å². The van der Waals surface area contributed by atoms with E-state index in [2.05, 4.69) is 5.16 Å². The van der Waals surface area contributed by atoms with E-state index < -0.39 is 0 Å². The van der Waals surface area contributed by atoms with Crippen molar-refractivity contribution in [2.45, 2.75) is 25.5 Å². The Balaban J connectivity index is 1.65.